The second kappa shape index (κ2) is 7.17. The molecule has 9 nitrogen and oxygen atoms in total. The Hall–Kier alpha value is -1.71. The molecule has 0 bridgehead atoms. The Morgan fingerprint density at radius 3 is 1.90 bits per heavy atom. The molecular weight excluding hydrogens is 274 g/mol. The van der Waals surface area contributed by atoms with Gasteiger partial charge in [0, 0.05) is 0 Å². The van der Waals surface area contributed by atoms with Gasteiger partial charge in [0.05, 0.1) is 27.6 Å². The second-order valence-electron chi connectivity index (χ2n) is 5.36. The van der Waals surface area contributed by atoms with Crippen LogP contribution < -0.4 is 0 Å². The Morgan fingerprint density at radius 1 is 1.05 bits per heavy atom. The first-order valence-electron chi connectivity index (χ1n) is 5.75. The summed E-state index contributed by atoms with van der Waals surface area (Å²) in [5.41, 5.74) is 0. The van der Waals surface area contributed by atoms with E-state index in [0.717, 1.165) is 0 Å². The van der Waals surface area contributed by atoms with Gasteiger partial charge in [-0.1, -0.05) is 0 Å². The Labute approximate surface area is 115 Å². The molecule has 0 aromatic carbocycles. The zero-order chi connectivity index (χ0) is 16.1. The maximum atomic E-state index is 11.5. The van der Waals surface area contributed by atoms with Crippen LogP contribution in [0.25, 0.3) is 0 Å². The molecule has 0 heterocycles. The van der Waals surface area contributed by atoms with Crippen molar-refractivity contribution in [1.82, 2.24) is 0 Å². The summed E-state index contributed by atoms with van der Waals surface area (Å²) in [6.45, 7) is 0.147. The lowest BCUT2D eigenvalue weighted by Gasteiger charge is -2.29. The number of aliphatic hydroxyl groups is 2. The number of likely N-dealkylation sites (N-methyl/N-ethyl adjacent to an activating group) is 1. The zero-order valence-corrected chi connectivity index (χ0v) is 11.5. The topological polar surface area (TPSA) is 141 Å². The van der Waals surface area contributed by atoms with Gasteiger partial charge >= 0.3 is 17.9 Å². The number of hydrogen-bond acceptors (Lipinski definition) is 6. The number of ether oxygens (including phenoxy) is 1. The number of nitrogens with zero attached hydrogens (tertiary/aromatic N) is 1. The van der Waals surface area contributed by atoms with E-state index in [9.17, 15) is 19.5 Å². The van der Waals surface area contributed by atoms with Crippen LogP contribution in [-0.2, 0) is 19.1 Å². The van der Waals surface area contributed by atoms with Gasteiger partial charge in [-0.2, -0.15) is 0 Å². The second-order valence-corrected chi connectivity index (χ2v) is 5.36. The smallest absolute Gasteiger partial charge is 0.338 e. The summed E-state index contributed by atoms with van der Waals surface area (Å²) in [5, 5.41) is 35.5. The number of carboxylic acids is 2. The highest BCUT2D eigenvalue weighted by Gasteiger charge is 2.34. The normalized spacial score (nSPS) is 16.1. The van der Waals surface area contributed by atoms with E-state index in [1.807, 2.05) is 0 Å². The van der Waals surface area contributed by atoms with Gasteiger partial charge < -0.3 is 29.6 Å². The molecule has 0 saturated carbocycles. The van der Waals surface area contributed by atoms with Crippen molar-refractivity contribution in [1.29, 1.82) is 0 Å². The Bertz CT molecular complexity index is 375. The van der Waals surface area contributed by atoms with Gasteiger partial charge in [-0.15, -0.1) is 0 Å². The summed E-state index contributed by atoms with van der Waals surface area (Å²) in [5.74, 6) is -4.36. The average molecular weight is 294 g/mol. The number of aliphatic hydroxyl groups excluding tert-OH is 2. The minimum absolute atomic E-state index is 0.147. The van der Waals surface area contributed by atoms with Crippen molar-refractivity contribution in [3.05, 3.63) is 0 Å². The highest BCUT2D eigenvalue weighted by Crippen LogP contribution is 2.08. The summed E-state index contributed by atoms with van der Waals surface area (Å²) in [6.07, 6.45) is -6.12. The molecule has 0 rings (SSSR count). The van der Waals surface area contributed by atoms with E-state index < -0.39 is 42.6 Å². The summed E-state index contributed by atoms with van der Waals surface area (Å²) < 4.78 is 5.06. The molecule has 0 saturated heterocycles. The van der Waals surface area contributed by atoms with Gasteiger partial charge in [-0.25, -0.2) is 9.59 Å². The maximum Gasteiger partial charge on any atom is 0.338 e. The molecule has 0 fully saturated rings. The SMILES string of the molecule is C[N+](C)(C)C[C@H](CC(=O)O)OC(=O)[C@H](O)[C@H](O)C(=O)O. The van der Waals surface area contributed by atoms with E-state index in [1.165, 1.54) is 0 Å². The first-order valence-corrected chi connectivity index (χ1v) is 5.75. The molecule has 116 valence electrons. The fourth-order valence-electron chi connectivity index (χ4n) is 1.45. The molecule has 20 heavy (non-hydrogen) atoms. The van der Waals surface area contributed by atoms with Crippen LogP contribution in [0.2, 0.25) is 0 Å². The molecule has 0 aromatic heterocycles. The molecule has 0 spiro atoms. The number of esters is 1. The van der Waals surface area contributed by atoms with E-state index in [0.29, 0.717) is 4.48 Å². The van der Waals surface area contributed by atoms with Gasteiger partial charge in [0.15, 0.2) is 18.3 Å². The third-order valence-corrected chi connectivity index (χ3v) is 2.23. The molecular formula is C11H20NO8+. The lowest BCUT2D eigenvalue weighted by molar-refractivity contribution is -0.873. The van der Waals surface area contributed by atoms with E-state index in [2.05, 4.69) is 0 Å². The van der Waals surface area contributed by atoms with Crippen LogP contribution in [0, 0.1) is 0 Å². The third-order valence-electron chi connectivity index (χ3n) is 2.23. The summed E-state index contributed by atoms with van der Waals surface area (Å²) in [6, 6.07) is 0. The number of carbonyl (C=O) groups is 3. The molecule has 0 radical (unpaired) electrons. The van der Waals surface area contributed by atoms with Crippen molar-refractivity contribution in [2.75, 3.05) is 27.7 Å². The maximum absolute atomic E-state index is 11.5. The molecule has 0 aliphatic carbocycles. The third kappa shape index (κ3) is 7.02. The molecule has 0 aromatic rings. The minimum Gasteiger partial charge on any atom is -0.481 e. The molecule has 3 atom stereocenters. The van der Waals surface area contributed by atoms with Crippen LogP contribution in [0.3, 0.4) is 0 Å². The number of rotatable bonds is 8. The Kier molecular flexibility index (Phi) is 6.56. The summed E-state index contributed by atoms with van der Waals surface area (Å²) in [7, 11) is 5.22. The van der Waals surface area contributed by atoms with Gasteiger partial charge in [0.25, 0.3) is 0 Å². The van der Waals surface area contributed by atoms with Crippen LogP contribution >= 0.6 is 0 Å². The van der Waals surface area contributed by atoms with E-state index in [1.54, 1.807) is 21.1 Å². The van der Waals surface area contributed by atoms with Crippen LogP contribution in [0.1, 0.15) is 6.42 Å². The summed E-state index contributed by atoms with van der Waals surface area (Å²) >= 11 is 0. The predicted octanol–water partition coefficient (Wildman–Crippen LogP) is -2.11. The predicted molar refractivity (Wildman–Crippen MR) is 64.7 cm³/mol. The lowest BCUT2D eigenvalue weighted by Crippen LogP contribution is -2.47. The molecule has 0 unspecified atom stereocenters. The lowest BCUT2D eigenvalue weighted by atomic mass is 10.2. The van der Waals surface area contributed by atoms with E-state index in [4.69, 9.17) is 20.1 Å². The number of quaternary nitrogens is 1. The van der Waals surface area contributed by atoms with E-state index >= 15 is 0 Å². The van der Waals surface area contributed by atoms with Gasteiger partial charge in [0.1, 0.15) is 6.54 Å². The van der Waals surface area contributed by atoms with Crippen molar-refractivity contribution in [3.63, 3.8) is 0 Å². The zero-order valence-electron chi connectivity index (χ0n) is 11.5. The number of carboxylic acid groups (broad SMARTS) is 2. The molecule has 9 heteroatoms. The van der Waals surface area contributed by atoms with Crippen molar-refractivity contribution in [3.8, 4) is 0 Å². The first-order chi connectivity index (χ1) is 8.94. The highest BCUT2D eigenvalue weighted by molar-refractivity contribution is 5.84. The van der Waals surface area contributed by atoms with Gasteiger partial charge in [-0.3, -0.25) is 4.79 Å². The summed E-state index contributed by atoms with van der Waals surface area (Å²) in [4.78, 5) is 32.6. The fraction of sp³-hybridized carbons (Fsp3) is 0.727. The van der Waals surface area contributed by atoms with Crippen LogP contribution in [0.5, 0.6) is 0 Å². The standard InChI is InChI=1S/C11H19NO8/c1-12(2,3)5-6(4-7(13)14)20-11(19)9(16)8(15)10(17)18/h6,8-9,15-16H,4-5H2,1-3H3,(H-,13,14,17,18)/p+1/t6-,8-,9+/m0/s1. The molecule has 0 amide bonds. The number of carbonyl (C=O) groups excluding carboxylic acids is 1. The minimum atomic E-state index is -2.32. The van der Waals surface area contributed by atoms with Crippen molar-refractivity contribution < 1.29 is 44.0 Å². The van der Waals surface area contributed by atoms with Gasteiger partial charge in [-0.05, 0) is 0 Å². The Morgan fingerprint density at radius 2 is 1.55 bits per heavy atom. The number of aliphatic carboxylic acids is 2. The quantitative estimate of drug-likeness (QED) is 0.294. The average Bonchev–Trinajstić information content (AvgIpc) is 2.23. The Balaban J connectivity index is 4.76. The largest absolute Gasteiger partial charge is 0.481 e. The van der Waals surface area contributed by atoms with Crippen molar-refractivity contribution >= 4 is 17.9 Å². The molecule has 0 aliphatic rings. The van der Waals surface area contributed by atoms with Crippen molar-refractivity contribution in [2.24, 2.45) is 0 Å². The van der Waals surface area contributed by atoms with E-state index in [-0.39, 0.29) is 6.54 Å². The van der Waals surface area contributed by atoms with Crippen LogP contribution in [0.4, 0.5) is 0 Å². The fourth-order valence-corrected chi connectivity index (χ4v) is 1.45. The number of hydrogen-bond donors (Lipinski definition) is 4. The molecule has 0 aliphatic heterocycles. The van der Waals surface area contributed by atoms with Crippen LogP contribution in [-0.4, -0.2) is 88.8 Å². The van der Waals surface area contributed by atoms with Crippen molar-refractivity contribution in [2.45, 2.75) is 24.7 Å². The highest BCUT2D eigenvalue weighted by atomic mass is 16.6. The monoisotopic (exact) mass is 294 g/mol. The van der Waals surface area contributed by atoms with Crippen LogP contribution in [0.15, 0.2) is 0 Å². The molecule has 4 N–H and O–H groups in total. The first kappa shape index (κ1) is 18.3. The van der Waals surface area contributed by atoms with Gasteiger partial charge in [0.2, 0.25) is 0 Å².